The fourth-order valence-corrected chi connectivity index (χ4v) is 1.67. The van der Waals surface area contributed by atoms with Gasteiger partial charge in [-0.2, -0.15) is 8.42 Å². The van der Waals surface area contributed by atoms with Gasteiger partial charge in [0, 0.05) is 13.2 Å². The quantitative estimate of drug-likeness (QED) is 0.241. The lowest BCUT2D eigenvalue weighted by Gasteiger charge is -2.06. The third-order valence-corrected chi connectivity index (χ3v) is 2.93. The van der Waals surface area contributed by atoms with Gasteiger partial charge in [-0.15, -0.1) is 0 Å². The SMILES string of the molecule is NS(=O)(=O)O.O=C(OCCCCO)c1ccc(C(=O)OCCCCO)cc1. The van der Waals surface area contributed by atoms with Crippen LogP contribution in [-0.4, -0.2) is 61.5 Å². The minimum atomic E-state index is -4.17. The molecule has 0 aliphatic rings. The fraction of sp³-hybridized carbons (Fsp3) is 0.500. The van der Waals surface area contributed by atoms with Crippen molar-refractivity contribution in [2.75, 3.05) is 26.4 Å². The van der Waals surface area contributed by atoms with E-state index in [9.17, 15) is 9.59 Å². The van der Waals surface area contributed by atoms with Crippen molar-refractivity contribution in [2.24, 2.45) is 5.14 Å². The van der Waals surface area contributed by atoms with Gasteiger partial charge in [-0.1, -0.05) is 0 Å². The zero-order valence-corrected chi connectivity index (χ0v) is 15.6. The molecule has 5 N–H and O–H groups in total. The summed E-state index contributed by atoms with van der Waals surface area (Å²) in [6.07, 6.45) is 2.41. The summed E-state index contributed by atoms with van der Waals surface area (Å²) in [6.45, 7) is 0.668. The molecule has 0 aliphatic heterocycles. The maximum absolute atomic E-state index is 11.7. The second-order valence-electron chi connectivity index (χ2n) is 5.23. The number of benzene rings is 1. The zero-order valence-electron chi connectivity index (χ0n) is 14.7. The van der Waals surface area contributed by atoms with Crippen molar-refractivity contribution in [1.82, 2.24) is 0 Å². The first-order valence-corrected chi connectivity index (χ1v) is 9.60. The molecule has 11 heteroatoms. The first-order chi connectivity index (χ1) is 12.7. The molecule has 0 radical (unpaired) electrons. The predicted octanol–water partition coefficient (Wildman–Crippen LogP) is 0.293. The van der Waals surface area contributed by atoms with Crippen LogP contribution < -0.4 is 5.14 Å². The molecule has 0 fully saturated rings. The first kappa shape index (κ1) is 24.9. The van der Waals surface area contributed by atoms with Gasteiger partial charge < -0.3 is 19.7 Å². The van der Waals surface area contributed by atoms with Crippen molar-refractivity contribution in [1.29, 1.82) is 0 Å². The number of ether oxygens (including phenoxy) is 2. The van der Waals surface area contributed by atoms with Crippen LogP contribution >= 0.6 is 0 Å². The molecule has 1 rings (SSSR count). The van der Waals surface area contributed by atoms with Crippen LogP contribution in [0.4, 0.5) is 0 Å². The topological polar surface area (TPSA) is 173 Å². The number of nitrogens with two attached hydrogens (primary N) is 1. The number of unbranched alkanes of at least 4 members (excludes halogenated alkanes) is 2. The monoisotopic (exact) mass is 407 g/mol. The molecule has 0 spiro atoms. The number of esters is 2. The second-order valence-corrected chi connectivity index (χ2v) is 6.26. The highest BCUT2D eigenvalue weighted by molar-refractivity contribution is 7.83. The van der Waals surface area contributed by atoms with Gasteiger partial charge in [0.15, 0.2) is 0 Å². The van der Waals surface area contributed by atoms with E-state index in [2.05, 4.69) is 5.14 Å². The minimum Gasteiger partial charge on any atom is -0.462 e. The molecule has 0 aliphatic carbocycles. The van der Waals surface area contributed by atoms with Crippen LogP contribution in [0.1, 0.15) is 46.4 Å². The number of aliphatic hydroxyl groups is 2. The van der Waals surface area contributed by atoms with Crippen LogP contribution in [0.2, 0.25) is 0 Å². The lowest BCUT2D eigenvalue weighted by atomic mass is 10.1. The molecule has 0 bridgehead atoms. The number of hydrogen-bond donors (Lipinski definition) is 4. The third-order valence-electron chi connectivity index (χ3n) is 2.93. The van der Waals surface area contributed by atoms with E-state index in [-0.39, 0.29) is 26.4 Å². The van der Waals surface area contributed by atoms with Crippen molar-refractivity contribution < 1.29 is 42.2 Å². The van der Waals surface area contributed by atoms with Gasteiger partial charge in [0.25, 0.3) is 0 Å². The van der Waals surface area contributed by atoms with Crippen LogP contribution in [0.25, 0.3) is 0 Å². The summed E-state index contributed by atoms with van der Waals surface area (Å²) >= 11 is 0. The lowest BCUT2D eigenvalue weighted by Crippen LogP contribution is -2.09. The van der Waals surface area contributed by atoms with Crippen molar-refractivity contribution in [3.63, 3.8) is 0 Å². The molecule has 0 heterocycles. The zero-order chi connectivity index (χ0) is 20.7. The van der Waals surface area contributed by atoms with E-state index in [0.29, 0.717) is 36.8 Å². The average Bonchev–Trinajstić information content (AvgIpc) is 2.61. The largest absolute Gasteiger partial charge is 0.462 e. The molecule has 0 atom stereocenters. The van der Waals surface area contributed by atoms with E-state index < -0.39 is 22.2 Å². The molecule has 154 valence electrons. The molecule has 1 aromatic rings. The van der Waals surface area contributed by atoms with E-state index in [1.54, 1.807) is 0 Å². The maximum atomic E-state index is 11.7. The number of rotatable bonds is 10. The average molecular weight is 407 g/mol. The molecule has 10 nitrogen and oxygen atoms in total. The Balaban J connectivity index is 0.00000119. The number of hydrogen-bond acceptors (Lipinski definition) is 8. The Morgan fingerprint density at radius 1 is 0.815 bits per heavy atom. The van der Waals surface area contributed by atoms with Crippen LogP contribution in [-0.2, 0) is 19.8 Å². The van der Waals surface area contributed by atoms with Gasteiger partial charge in [-0.25, -0.2) is 14.7 Å². The van der Waals surface area contributed by atoms with Gasteiger partial charge >= 0.3 is 22.2 Å². The van der Waals surface area contributed by atoms with E-state index in [4.69, 9.17) is 32.7 Å². The summed E-state index contributed by atoms with van der Waals surface area (Å²) in [6, 6.07) is 6.05. The van der Waals surface area contributed by atoms with Gasteiger partial charge in [0.2, 0.25) is 0 Å². The second kappa shape index (κ2) is 14.1. The Kier molecular flexibility index (Phi) is 13.0. The highest BCUT2D eigenvalue weighted by atomic mass is 32.2. The highest BCUT2D eigenvalue weighted by Crippen LogP contribution is 2.08. The summed E-state index contributed by atoms with van der Waals surface area (Å²) in [5, 5.41) is 21.1. The Bertz CT molecular complexity index is 608. The molecule has 0 saturated carbocycles. The third kappa shape index (κ3) is 14.8. The number of carbonyl (C=O) groups excluding carboxylic acids is 2. The van der Waals surface area contributed by atoms with Gasteiger partial charge in [0.05, 0.1) is 24.3 Å². The normalized spacial score (nSPS) is 10.5. The van der Waals surface area contributed by atoms with Crippen LogP contribution in [0.3, 0.4) is 0 Å². The molecule has 0 saturated heterocycles. The van der Waals surface area contributed by atoms with Gasteiger partial charge in [0.1, 0.15) is 0 Å². The predicted molar refractivity (Wildman–Crippen MR) is 95.4 cm³/mol. The fourth-order valence-electron chi connectivity index (χ4n) is 1.67. The number of carbonyl (C=O) groups is 2. The van der Waals surface area contributed by atoms with Crippen LogP contribution in [0.15, 0.2) is 24.3 Å². The highest BCUT2D eigenvalue weighted by Gasteiger charge is 2.10. The Labute approximate surface area is 157 Å². The van der Waals surface area contributed by atoms with E-state index in [1.807, 2.05) is 0 Å². The Hall–Kier alpha value is -2.05. The summed E-state index contributed by atoms with van der Waals surface area (Å²) in [4.78, 5) is 23.4. The summed E-state index contributed by atoms with van der Waals surface area (Å²) in [5.41, 5.74) is 0.724. The number of aliphatic hydroxyl groups excluding tert-OH is 2. The van der Waals surface area contributed by atoms with E-state index in [1.165, 1.54) is 24.3 Å². The Morgan fingerprint density at radius 2 is 1.11 bits per heavy atom. The van der Waals surface area contributed by atoms with Gasteiger partial charge in [-0.3, -0.25) is 4.55 Å². The van der Waals surface area contributed by atoms with Crippen LogP contribution in [0.5, 0.6) is 0 Å². The Morgan fingerprint density at radius 3 is 1.37 bits per heavy atom. The van der Waals surface area contributed by atoms with Crippen molar-refractivity contribution in [3.05, 3.63) is 35.4 Å². The molecular formula is C16H25NO9S. The molecule has 0 aromatic heterocycles. The molecular weight excluding hydrogens is 382 g/mol. The molecule has 0 amide bonds. The first-order valence-electron chi connectivity index (χ1n) is 8.10. The van der Waals surface area contributed by atoms with Crippen molar-refractivity contribution >= 4 is 22.2 Å². The minimum absolute atomic E-state index is 0.0761. The van der Waals surface area contributed by atoms with Crippen molar-refractivity contribution in [3.8, 4) is 0 Å². The van der Waals surface area contributed by atoms with Crippen LogP contribution in [0, 0.1) is 0 Å². The van der Waals surface area contributed by atoms with Crippen molar-refractivity contribution in [2.45, 2.75) is 25.7 Å². The van der Waals surface area contributed by atoms with E-state index in [0.717, 1.165) is 0 Å². The molecule has 1 aromatic carbocycles. The summed E-state index contributed by atoms with van der Waals surface area (Å²) in [7, 11) is -4.17. The summed E-state index contributed by atoms with van der Waals surface area (Å²) in [5.74, 6) is -0.915. The van der Waals surface area contributed by atoms with Gasteiger partial charge in [-0.05, 0) is 49.9 Å². The standard InChI is InChI=1S/C16H22O6.H3NO3S/c17-9-1-3-11-21-15(19)13-5-7-14(8-6-13)16(20)22-12-4-2-10-18;1-5(2,3)4/h5-8,17-18H,1-4,9-12H2;(H3,1,2,3,4). The smallest absolute Gasteiger partial charge is 0.338 e. The summed E-state index contributed by atoms with van der Waals surface area (Å²) < 4.78 is 35.3. The molecule has 27 heavy (non-hydrogen) atoms. The lowest BCUT2D eigenvalue weighted by molar-refractivity contribution is 0.0478. The van der Waals surface area contributed by atoms with E-state index >= 15 is 0 Å². The maximum Gasteiger partial charge on any atom is 0.338 e. The molecule has 0 unspecified atom stereocenters.